The van der Waals surface area contributed by atoms with Crippen LogP contribution in [0.3, 0.4) is 0 Å². The molecule has 3 aromatic rings. The van der Waals surface area contributed by atoms with Gasteiger partial charge in [0.25, 0.3) is 0 Å². The number of phosphoric ester groups is 1. The van der Waals surface area contributed by atoms with Crippen LogP contribution in [-0.2, 0) is 20.8 Å². The lowest BCUT2D eigenvalue weighted by molar-refractivity contribution is -0.138. The smallest absolute Gasteiger partial charge is 0.469 e. The summed E-state index contributed by atoms with van der Waals surface area (Å²) in [6.45, 7) is 1.24. The number of ether oxygens (including phenoxy) is 2. The molecule has 0 fully saturated rings. The quantitative estimate of drug-likeness (QED) is 0.190. The zero-order valence-corrected chi connectivity index (χ0v) is 21.9. The molecular weight excluding hydrogens is 558 g/mol. The molecule has 3 rings (SSSR count). The normalized spacial score (nSPS) is 13.8. The van der Waals surface area contributed by atoms with E-state index in [4.69, 9.17) is 36.6 Å². The van der Waals surface area contributed by atoms with Crippen molar-refractivity contribution in [3.63, 3.8) is 0 Å². The Bertz CT molecular complexity index is 1250. The van der Waals surface area contributed by atoms with Crippen molar-refractivity contribution in [2.24, 2.45) is 5.73 Å². The van der Waals surface area contributed by atoms with Crippen molar-refractivity contribution in [3.8, 4) is 22.1 Å². The minimum absolute atomic E-state index is 0.0510. The van der Waals surface area contributed by atoms with Crippen LogP contribution in [0, 0.1) is 0 Å². The van der Waals surface area contributed by atoms with Gasteiger partial charge in [-0.1, -0.05) is 29.0 Å². The highest BCUT2D eigenvalue weighted by Gasteiger charge is 2.35. The van der Waals surface area contributed by atoms with Crippen molar-refractivity contribution in [1.29, 1.82) is 0 Å². The first-order chi connectivity index (χ1) is 17.2. The van der Waals surface area contributed by atoms with E-state index in [2.05, 4.69) is 14.7 Å². The van der Waals surface area contributed by atoms with E-state index in [1.807, 2.05) is 0 Å². The fourth-order valence-electron chi connectivity index (χ4n) is 2.99. The summed E-state index contributed by atoms with van der Waals surface area (Å²) in [5.41, 5.74) is 3.74. The predicted molar refractivity (Wildman–Crippen MR) is 132 cm³/mol. The maximum Gasteiger partial charge on any atom is 0.469 e. The van der Waals surface area contributed by atoms with Gasteiger partial charge in [0.05, 0.1) is 30.9 Å². The highest BCUT2D eigenvalue weighted by atomic mass is 35.5. The number of rotatable bonds is 12. The number of benzene rings is 2. The van der Waals surface area contributed by atoms with Gasteiger partial charge in [0, 0.05) is 10.6 Å². The second kappa shape index (κ2) is 12.1. The molecule has 0 saturated heterocycles. The molecule has 0 bridgehead atoms. The van der Waals surface area contributed by atoms with Gasteiger partial charge in [-0.15, -0.1) is 10.2 Å². The lowest BCUT2D eigenvalue weighted by atomic mass is 10.1. The number of phosphoric acid groups is 1. The third kappa shape index (κ3) is 8.92. The van der Waals surface area contributed by atoms with Crippen molar-refractivity contribution in [2.75, 3.05) is 19.8 Å². The average molecular weight is 582 g/mol. The Morgan fingerprint density at radius 3 is 2.43 bits per heavy atom. The number of halogens is 4. The molecule has 37 heavy (non-hydrogen) atoms. The average Bonchev–Trinajstić information content (AvgIpc) is 3.31. The molecule has 1 aromatic heterocycles. The second-order valence-corrected chi connectivity index (χ2v) is 10.8. The van der Waals surface area contributed by atoms with Gasteiger partial charge in [0.2, 0.25) is 0 Å². The van der Waals surface area contributed by atoms with Gasteiger partial charge in [0.15, 0.2) is 0 Å². The molecule has 1 heterocycles. The Kier molecular flexibility index (Phi) is 9.57. The Labute approximate surface area is 219 Å². The standard InChI is InChI=1S/C22H24ClF3N3O6PS/c1-21(27,13-35-36(30,31)32)20-29-28-19(37-20)14-7-8-18(17(11-14)22(24,25)26)34-10-3-2-9-33-16-6-4-5-15(23)12-16/h4-8,11-12H,2-3,9-10,13,27H2,1H3,(H2,30,31,32)/t21-/m0/s1. The van der Waals surface area contributed by atoms with Crippen LogP contribution in [0.5, 0.6) is 11.5 Å². The fraction of sp³-hybridized carbons (Fsp3) is 0.364. The molecule has 0 spiro atoms. The van der Waals surface area contributed by atoms with Crippen LogP contribution in [0.15, 0.2) is 42.5 Å². The van der Waals surface area contributed by atoms with Gasteiger partial charge in [-0.05, 0) is 56.2 Å². The third-order valence-corrected chi connectivity index (χ3v) is 6.79. The molecule has 0 amide bonds. The second-order valence-electron chi connectivity index (χ2n) is 8.16. The molecule has 0 aliphatic heterocycles. The van der Waals surface area contributed by atoms with Crippen molar-refractivity contribution < 1.29 is 41.5 Å². The number of nitrogens with zero attached hydrogens (tertiary/aromatic N) is 2. The third-order valence-electron chi connectivity index (χ3n) is 4.84. The van der Waals surface area contributed by atoms with Gasteiger partial charge in [0.1, 0.15) is 21.5 Å². The van der Waals surface area contributed by atoms with Gasteiger partial charge >= 0.3 is 14.0 Å². The summed E-state index contributed by atoms with van der Waals surface area (Å²) in [6, 6.07) is 10.4. The maximum atomic E-state index is 13.7. The lowest BCUT2D eigenvalue weighted by Crippen LogP contribution is -2.37. The van der Waals surface area contributed by atoms with Gasteiger partial charge in [-0.3, -0.25) is 4.52 Å². The van der Waals surface area contributed by atoms with E-state index in [9.17, 15) is 17.7 Å². The first-order valence-electron chi connectivity index (χ1n) is 10.8. The molecule has 4 N–H and O–H groups in total. The van der Waals surface area contributed by atoms with Gasteiger partial charge in [-0.2, -0.15) is 13.2 Å². The van der Waals surface area contributed by atoms with Crippen LogP contribution in [0.25, 0.3) is 10.6 Å². The topological polar surface area (TPSA) is 137 Å². The molecule has 15 heteroatoms. The molecule has 0 unspecified atom stereocenters. The summed E-state index contributed by atoms with van der Waals surface area (Å²) in [7, 11) is -4.77. The van der Waals surface area contributed by atoms with E-state index in [1.54, 1.807) is 24.3 Å². The number of unbranched alkanes of at least 4 members (excludes halogenated alkanes) is 1. The molecular formula is C22H24ClF3N3O6PS. The van der Waals surface area contributed by atoms with E-state index in [0.29, 0.717) is 30.2 Å². The van der Waals surface area contributed by atoms with Crippen molar-refractivity contribution in [1.82, 2.24) is 10.2 Å². The van der Waals surface area contributed by atoms with E-state index >= 15 is 0 Å². The SMILES string of the molecule is C[C@](N)(COP(=O)(O)O)c1nnc(-c2ccc(OCCCCOc3cccc(Cl)c3)c(C(F)(F)F)c2)s1. The van der Waals surface area contributed by atoms with Gasteiger partial charge in [-0.25, -0.2) is 4.57 Å². The van der Waals surface area contributed by atoms with E-state index in [0.717, 1.165) is 17.4 Å². The Morgan fingerprint density at radius 1 is 1.08 bits per heavy atom. The molecule has 1 atom stereocenters. The zero-order valence-electron chi connectivity index (χ0n) is 19.4. The fourth-order valence-corrected chi connectivity index (χ4v) is 4.49. The molecule has 0 radical (unpaired) electrons. The number of hydrogen-bond donors (Lipinski definition) is 3. The first kappa shape index (κ1) is 29.3. The van der Waals surface area contributed by atoms with E-state index in [1.165, 1.54) is 19.1 Å². The van der Waals surface area contributed by atoms with Crippen LogP contribution in [-0.4, -0.2) is 39.8 Å². The Hall–Kier alpha value is -2.25. The maximum absolute atomic E-state index is 13.7. The highest BCUT2D eigenvalue weighted by Crippen LogP contribution is 2.41. The minimum atomic E-state index is -4.77. The molecule has 0 saturated carbocycles. The Morgan fingerprint density at radius 2 is 1.78 bits per heavy atom. The number of hydrogen-bond acceptors (Lipinski definition) is 8. The zero-order chi connectivity index (χ0) is 27.3. The molecule has 0 aliphatic rings. The monoisotopic (exact) mass is 581 g/mol. The van der Waals surface area contributed by atoms with Gasteiger partial charge < -0.3 is 25.0 Å². The summed E-state index contributed by atoms with van der Waals surface area (Å²) >= 11 is 6.77. The first-order valence-corrected chi connectivity index (χ1v) is 13.5. The summed E-state index contributed by atoms with van der Waals surface area (Å²) in [6.07, 6.45) is -3.66. The van der Waals surface area contributed by atoms with Crippen molar-refractivity contribution >= 4 is 30.8 Å². The summed E-state index contributed by atoms with van der Waals surface area (Å²) < 4.78 is 67.6. The van der Waals surface area contributed by atoms with E-state index < -0.39 is 31.7 Å². The van der Waals surface area contributed by atoms with Crippen LogP contribution >= 0.6 is 30.8 Å². The Balaban J connectivity index is 1.63. The number of alkyl halides is 3. The number of aromatic nitrogens is 2. The van der Waals surface area contributed by atoms with Crippen molar-refractivity contribution in [3.05, 3.63) is 58.1 Å². The molecule has 202 valence electrons. The summed E-state index contributed by atoms with van der Waals surface area (Å²) in [5, 5.41) is 8.56. The highest BCUT2D eigenvalue weighted by molar-refractivity contribution is 7.46. The number of nitrogens with two attached hydrogens (primary N) is 1. The van der Waals surface area contributed by atoms with Crippen molar-refractivity contribution in [2.45, 2.75) is 31.5 Å². The minimum Gasteiger partial charge on any atom is -0.494 e. The summed E-state index contributed by atoms with van der Waals surface area (Å²) in [4.78, 5) is 17.8. The van der Waals surface area contributed by atoms with Crippen LogP contribution in [0.1, 0.15) is 30.3 Å². The molecule has 9 nitrogen and oxygen atoms in total. The largest absolute Gasteiger partial charge is 0.494 e. The van der Waals surface area contributed by atoms with Crippen LogP contribution in [0.2, 0.25) is 5.02 Å². The predicted octanol–water partition coefficient (Wildman–Crippen LogP) is 5.40. The molecule has 2 aromatic carbocycles. The molecule has 0 aliphatic carbocycles. The van der Waals surface area contributed by atoms with Crippen LogP contribution in [0.4, 0.5) is 13.2 Å². The van der Waals surface area contributed by atoms with Crippen LogP contribution < -0.4 is 15.2 Å². The van der Waals surface area contributed by atoms with E-state index in [-0.39, 0.29) is 27.9 Å². The summed E-state index contributed by atoms with van der Waals surface area (Å²) in [5.74, 6) is 0.280. The lowest BCUT2D eigenvalue weighted by Gasteiger charge is -2.21.